The number of carbonyl (C=O) groups is 1. The summed E-state index contributed by atoms with van der Waals surface area (Å²) >= 11 is 0. The molecule has 0 spiro atoms. The molecule has 0 N–H and O–H groups in total. The van der Waals surface area contributed by atoms with Gasteiger partial charge in [-0.15, -0.1) is 0 Å². The van der Waals surface area contributed by atoms with Gasteiger partial charge >= 0.3 is 5.69 Å². The molecular formula is C20H20N2O4. The number of aromatic nitrogens is 2. The number of methoxy groups -OCH3 is 2. The number of nitrogens with zero attached hydrogens (tertiary/aromatic N) is 2. The monoisotopic (exact) mass is 352 g/mol. The van der Waals surface area contributed by atoms with Crippen LogP contribution in [-0.4, -0.2) is 29.1 Å². The zero-order chi connectivity index (χ0) is 18.5. The van der Waals surface area contributed by atoms with E-state index in [4.69, 9.17) is 9.47 Å². The van der Waals surface area contributed by atoms with E-state index in [9.17, 15) is 9.59 Å². The van der Waals surface area contributed by atoms with Crippen molar-refractivity contribution in [1.82, 2.24) is 9.13 Å². The van der Waals surface area contributed by atoms with Crippen LogP contribution in [0.15, 0.2) is 65.7 Å². The first-order valence-electron chi connectivity index (χ1n) is 8.17. The van der Waals surface area contributed by atoms with E-state index in [-0.39, 0.29) is 18.0 Å². The number of ether oxygens (including phenoxy) is 2. The maximum atomic E-state index is 12.5. The molecule has 1 aromatic heterocycles. The van der Waals surface area contributed by atoms with Crippen LogP contribution in [0.4, 0.5) is 0 Å². The van der Waals surface area contributed by atoms with Gasteiger partial charge in [-0.05, 0) is 23.8 Å². The first-order valence-corrected chi connectivity index (χ1v) is 8.17. The molecule has 1 heterocycles. The third-order valence-electron chi connectivity index (χ3n) is 4.13. The fraction of sp³-hybridized carbons (Fsp3) is 0.200. The fourth-order valence-corrected chi connectivity index (χ4v) is 2.73. The lowest BCUT2D eigenvalue weighted by Crippen LogP contribution is -2.27. The van der Waals surface area contributed by atoms with E-state index >= 15 is 0 Å². The van der Waals surface area contributed by atoms with Crippen LogP contribution in [0.1, 0.15) is 15.9 Å². The van der Waals surface area contributed by atoms with Gasteiger partial charge in [-0.2, -0.15) is 0 Å². The second-order valence-corrected chi connectivity index (χ2v) is 5.82. The van der Waals surface area contributed by atoms with Crippen molar-refractivity contribution in [2.75, 3.05) is 14.2 Å². The Kier molecular flexibility index (Phi) is 5.22. The number of hydrogen-bond acceptors (Lipinski definition) is 4. The van der Waals surface area contributed by atoms with Gasteiger partial charge in [0.2, 0.25) is 0 Å². The number of rotatable bonds is 7. The quantitative estimate of drug-likeness (QED) is 0.613. The second-order valence-electron chi connectivity index (χ2n) is 5.82. The predicted molar refractivity (Wildman–Crippen MR) is 98.1 cm³/mol. The molecule has 0 bridgehead atoms. The van der Waals surface area contributed by atoms with Crippen LogP contribution in [0.5, 0.6) is 11.5 Å². The highest BCUT2D eigenvalue weighted by molar-refractivity contribution is 5.96. The number of ketones is 1. The Labute approximate surface area is 151 Å². The topological polar surface area (TPSA) is 62.5 Å². The molecule has 6 nitrogen and oxygen atoms in total. The minimum Gasteiger partial charge on any atom is -0.493 e. The van der Waals surface area contributed by atoms with Gasteiger partial charge in [0.25, 0.3) is 0 Å². The summed E-state index contributed by atoms with van der Waals surface area (Å²) < 4.78 is 13.4. The molecule has 0 atom stereocenters. The maximum Gasteiger partial charge on any atom is 0.328 e. The van der Waals surface area contributed by atoms with Crippen LogP contribution in [0.2, 0.25) is 0 Å². The molecular weight excluding hydrogens is 332 g/mol. The lowest BCUT2D eigenvalue weighted by atomic mass is 10.1. The summed E-state index contributed by atoms with van der Waals surface area (Å²) in [5.41, 5.74) is 1.27. The number of carbonyl (C=O) groups excluding carboxylic acids is 1. The molecule has 0 saturated carbocycles. The normalized spacial score (nSPS) is 10.5. The van der Waals surface area contributed by atoms with E-state index in [1.807, 2.05) is 30.3 Å². The van der Waals surface area contributed by atoms with Crippen molar-refractivity contribution in [3.05, 3.63) is 82.5 Å². The molecule has 26 heavy (non-hydrogen) atoms. The van der Waals surface area contributed by atoms with Gasteiger partial charge in [-0.3, -0.25) is 13.9 Å². The van der Waals surface area contributed by atoms with Crippen molar-refractivity contribution >= 4 is 5.78 Å². The lowest BCUT2D eigenvalue weighted by Gasteiger charge is -2.09. The van der Waals surface area contributed by atoms with Gasteiger partial charge in [-0.25, -0.2) is 4.79 Å². The van der Waals surface area contributed by atoms with Crippen LogP contribution >= 0.6 is 0 Å². The molecule has 0 radical (unpaired) electrons. The van der Waals surface area contributed by atoms with Gasteiger partial charge in [-0.1, -0.05) is 30.3 Å². The van der Waals surface area contributed by atoms with Crippen molar-refractivity contribution in [2.24, 2.45) is 0 Å². The molecule has 0 aliphatic rings. The smallest absolute Gasteiger partial charge is 0.328 e. The van der Waals surface area contributed by atoms with Crippen molar-refractivity contribution in [3.63, 3.8) is 0 Å². The van der Waals surface area contributed by atoms with E-state index in [1.54, 1.807) is 35.2 Å². The molecule has 3 aromatic rings. The molecule has 6 heteroatoms. The minimum absolute atomic E-state index is 0.0316. The molecule has 0 amide bonds. The maximum absolute atomic E-state index is 12.5. The zero-order valence-corrected chi connectivity index (χ0v) is 14.7. The Balaban J connectivity index is 1.77. The molecule has 0 aliphatic carbocycles. The van der Waals surface area contributed by atoms with Gasteiger partial charge in [0.15, 0.2) is 17.3 Å². The molecule has 0 unspecified atom stereocenters. The Bertz CT molecular complexity index is 957. The second kappa shape index (κ2) is 7.74. The van der Waals surface area contributed by atoms with E-state index in [2.05, 4.69) is 0 Å². The zero-order valence-electron chi connectivity index (χ0n) is 14.7. The van der Waals surface area contributed by atoms with E-state index in [1.165, 1.54) is 18.8 Å². The van der Waals surface area contributed by atoms with Crippen LogP contribution in [0, 0.1) is 0 Å². The van der Waals surface area contributed by atoms with Crippen LogP contribution < -0.4 is 15.2 Å². The Morgan fingerprint density at radius 1 is 0.923 bits per heavy atom. The summed E-state index contributed by atoms with van der Waals surface area (Å²) in [7, 11) is 3.05. The van der Waals surface area contributed by atoms with E-state index in [0.29, 0.717) is 23.6 Å². The average molecular weight is 352 g/mol. The van der Waals surface area contributed by atoms with Gasteiger partial charge in [0.05, 0.1) is 27.3 Å². The molecule has 0 saturated heterocycles. The van der Waals surface area contributed by atoms with Gasteiger partial charge in [0.1, 0.15) is 0 Å². The summed E-state index contributed by atoms with van der Waals surface area (Å²) in [4.78, 5) is 25.0. The SMILES string of the molecule is COc1ccc(C(=O)Cn2ccn(Cc3ccccc3)c2=O)cc1OC. The molecule has 3 rings (SSSR count). The van der Waals surface area contributed by atoms with Crippen LogP contribution in [0.25, 0.3) is 0 Å². The highest BCUT2D eigenvalue weighted by atomic mass is 16.5. The molecule has 2 aromatic carbocycles. The third-order valence-corrected chi connectivity index (χ3v) is 4.13. The first-order chi connectivity index (χ1) is 12.6. The summed E-state index contributed by atoms with van der Waals surface area (Å²) in [5.74, 6) is 0.855. The minimum atomic E-state index is -0.220. The Morgan fingerprint density at radius 2 is 1.62 bits per heavy atom. The van der Waals surface area contributed by atoms with Crippen molar-refractivity contribution in [1.29, 1.82) is 0 Å². The van der Waals surface area contributed by atoms with E-state index < -0.39 is 0 Å². The average Bonchev–Trinajstić information content (AvgIpc) is 3.01. The van der Waals surface area contributed by atoms with E-state index in [0.717, 1.165) is 5.56 Å². The molecule has 0 fully saturated rings. The standard InChI is InChI=1S/C20H20N2O4/c1-25-18-9-8-16(12-19(18)26-2)17(23)14-22-11-10-21(20(22)24)13-15-6-4-3-5-7-15/h3-12H,13-14H2,1-2H3. The molecule has 0 aliphatic heterocycles. The number of Topliss-reactive ketones (excluding diaryl/α,β-unsaturated/α-hetero) is 1. The number of benzene rings is 2. The fourth-order valence-electron chi connectivity index (χ4n) is 2.73. The molecule has 134 valence electrons. The Morgan fingerprint density at radius 3 is 2.31 bits per heavy atom. The number of imidazole rings is 1. The predicted octanol–water partition coefficient (Wildman–Crippen LogP) is 2.60. The van der Waals surface area contributed by atoms with Crippen LogP contribution in [0.3, 0.4) is 0 Å². The van der Waals surface area contributed by atoms with Gasteiger partial charge in [0, 0.05) is 18.0 Å². The summed E-state index contributed by atoms with van der Waals surface area (Å²) in [6, 6.07) is 14.7. The summed E-state index contributed by atoms with van der Waals surface area (Å²) in [6.07, 6.45) is 3.32. The highest BCUT2D eigenvalue weighted by Gasteiger charge is 2.13. The summed E-state index contributed by atoms with van der Waals surface area (Å²) in [5, 5.41) is 0. The largest absolute Gasteiger partial charge is 0.493 e. The van der Waals surface area contributed by atoms with Gasteiger partial charge < -0.3 is 9.47 Å². The third kappa shape index (κ3) is 3.69. The highest BCUT2D eigenvalue weighted by Crippen LogP contribution is 2.27. The first kappa shape index (κ1) is 17.5. The van der Waals surface area contributed by atoms with Crippen molar-refractivity contribution in [2.45, 2.75) is 13.1 Å². The summed E-state index contributed by atoms with van der Waals surface area (Å²) in [6.45, 7) is 0.438. The van der Waals surface area contributed by atoms with Crippen LogP contribution in [-0.2, 0) is 13.1 Å². The van der Waals surface area contributed by atoms with Crippen molar-refractivity contribution < 1.29 is 14.3 Å². The Hall–Kier alpha value is -3.28. The lowest BCUT2D eigenvalue weighted by molar-refractivity contribution is 0.0970. The number of hydrogen-bond donors (Lipinski definition) is 0. The van der Waals surface area contributed by atoms with Crippen molar-refractivity contribution in [3.8, 4) is 11.5 Å².